The van der Waals surface area contributed by atoms with Gasteiger partial charge in [-0.15, -0.1) is 11.3 Å². The summed E-state index contributed by atoms with van der Waals surface area (Å²) in [5.74, 6) is 0.820. The largest absolute Gasteiger partial charge is 0.491 e. The van der Waals surface area contributed by atoms with Crippen LogP contribution in [0.4, 0.5) is 0 Å². The van der Waals surface area contributed by atoms with Crippen molar-refractivity contribution in [2.45, 2.75) is 20.0 Å². The minimum Gasteiger partial charge on any atom is -0.491 e. The van der Waals surface area contributed by atoms with Gasteiger partial charge in [-0.3, -0.25) is 4.79 Å². The number of carbonyl (C=O) groups is 1. The van der Waals surface area contributed by atoms with Crippen LogP contribution >= 0.6 is 11.3 Å². The van der Waals surface area contributed by atoms with Crippen LogP contribution in [-0.2, 0) is 4.74 Å². The fraction of sp³-hybridized carbons (Fsp3) is 0.412. The van der Waals surface area contributed by atoms with Crippen molar-refractivity contribution in [1.82, 2.24) is 9.88 Å². The molecule has 0 unspecified atom stereocenters. The van der Waals surface area contributed by atoms with E-state index in [0.29, 0.717) is 32.0 Å². The summed E-state index contributed by atoms with van der Waals surface area (Å²) in [7, 11) is 0. The molecule has 1 saturated heterocycles. The molecule has 6 heteroatoms. The molecule has 0 radical (unpaired) electrons. The fourth-order valence-electron chi connectivity index (χ4n) is 2.38. The van der Waals surface area contributed by atoms with Gasteiger partial charge in [-0.2, -0.15) is 0 Å². The number of rotatable bonds is 4. The zero-order valence-corrected chi connectivity index (χ0v) is 14.1. The van der Waals surface area contributed by atoms with Gasteiger partial charge in [0.25, 0.3) is 5.91 Å². The van der Waals surface area contributed by atoms with Crippen molar-refractivity contribution in [2.24, 2.45) is 0 Å². The molecule has 1 aliphatic rings. The molecule has 122 valence electrons. The number of nitrogens with zero attached hydrogens (tertiary/aromatic N) is 2. The van der Waals surface area contributed by atoms with Gasteiger partial charge in [-0.1, -0.05) is 0 Å². The van der Waals surface area contributed by atoms with E-state index < -0.39 is 0 Å². The number of ether oxygens (including phenoxy) is 2. The fourth-order valence-corrected chi connectivity index (χ4v) is 3.18. The number of benzene rings is 1. The zero-order valence-electron chi connectivity index (χ0n) is 13.3. The molecule has 2 aromatic rings. The molecular weight excluding hydrogens is 312 g/mol. The minimum atomic E-state index is -0.0180. The van der Waals surface area contributed by atoms with Crippen molar-refractivity contribution < 1.29 is 14.3 Å². The van der Waals surface area contributed by atoms with E-state index in [2.05, 4.69) is 4.98 Å². The second-order valence-electron chi connectivity index (χ2n) is 5.63. The maximum Gasteiger partial charge on any atom is 0.273 e. The molecule has 1 amide bonds. The number of hydrogen-bond acceptors (Lipinski definition) is 5. The SMILES string of the molecule is CC(C)Oc1ccc(-c2nc(C(=O)N3CCOCC3)cs2)cc1. The van der Waals surface area contributed by atoms with Crippen molar-refractivity contribution in [3.8, 4) is 16.3 Å². The van der Waals surface area contributed by atoms with E-state index in [4.69, 9.17) is 9.47 Å². The molecule has 0 N–H and O–H groups in total. The molecule has 0 bridgehead atoms. The lowest BCUT2D eigenvalue weighted by atomic mass is 10.2. The Bertz CT molecular complexity index is 661. The van der Waals surface area contributed by atoms with Gasteiger partial charge >= 0.3 is 0 Å². The van der Waals surface area contributed by atoms with E-state index >= 15 is 0 Å². The van der Waals surface area contributed by atoms with E-state index in [1.54, 1.807) is 4.90 Å². The normalized spacial score (nSPS) is 15.0. The van der Waals surface area contributed by atoms with E-state index in [-0.39, 0.29) is 12.0 Å². The number of thiazole rings is 1. The average molecular weight is 332 g/mol. The average Bonchev–Trinajstić information content (AvgIpc) is 3.05. The van der Waals surface area contributed by atoms with Gasteiger partial charge < -0.3 is 14.4 Å². The Morgan fingerprint density at radius 3 is 2.61 bits per heavy atom. The predicted octanol–water partition coefficient (Wildman–Crippen LogP) is 3.07. The first-order valence-electron chi connectivity index (χ1n) is 7.73. The zero-order chi connectivity index (χ0) is 16.2. The van der Waals surface area contributed by atoms with Crippen LogP contribution in [-0.4, -0.2) is 48.2 Å². The van der Waals surface area contributed by atoms with Crippen molar-refractivity contribution >= 4 is 17.2 Å². The van der Waals surface area contributed by atoms with Gasteiger partial charge in [0.05, 0.1) is 19.3 Å². The topological polar surface area (TPSA) is 51.7 Å². The lowest BCUT2D eigenvalue weighted by Gasteiger charge is -2.25. The summed E-state index contributed by atoms with van der Waals surface area (Å²) < 4.78 is 10.9. The number of aromatic nitrogens is 1. The molecule has 3 rings (SSSR count). The van der Waals surface area contributed by atoms with Crippen molar-refractivity contribution in [1.29, 1.82) is 0 Å². The Morgan fingerprint density at radius 1 is 1.26 bits per heavy atom. The van der Waals surface area contributed by atoms with Gasteiger partial charge in [0.2, 0.25) is 0 Å². The molecule has 1 aromatic carbocycles. The van der Waals surface area contributed by atoms with Crippen LogP contribution in [0.5, 0.6) is 5.75 Å². The van der Waals surface area contributed by atoms with Crippen molar-refractivity contribution in [2.75, 3.05) is 26.3 Å². The molecule has 2 heterocycles. The highest BCUT2D eigenvalue weighted by atomic mass is 32.1. The molecule has 0 saturated carbocycles. The molecule has 23 heavy (non-hydrogen) atoms. The summed E-state index contributed by atoms with van der Waals surface area (Å²) in [5.41, 5.74) is 1.50. The first-order valence-corrected chi connectivity index (χ1v) is 8.61. The number of amides is 1. The summed E-state index contributed by atoms with van der Waals surface area (Å²) >= 11 is 1.48. The van der Waals surface area contributed by atoms with E-state index in [0.717, 1.165) is 16.3 Å². The monoisotopic (exact) mass is 332 g/mol. The van der Waals surface area contributed by atoms with Crippen molar-refractivity contribution in [3.63, 3.8) is 0 Å². The van der Waals surface area contributed by atoms with Crippen LogP contribution < -0.4 is 4.74 Å². The molecule has 5 nitrogen and oxygen atoms in total. The van der Waals surface area contributed by atoms with Gasteiger partial charge in [-0.05, 0) is 38.1 Å². The quantitative estimate of drug-likeness (QED) is 0.863. The third-order valence-electron chi connectivity index (χ3n) is 3.49. The van der Waals surface area contributed by atoms with Crippen LogP contribution in [0.25, 0.3) is 10.6 Å². The lowest BCUT2D eigenvalue weighted by Crippen LogP contribution is -2.40. The summed E-state index contributed by atoms with van der Waals surface area (Å²) in [4.78, 5) is 18.7. The first-order chi connectivity index (χ1) is 11.1. The molecular formula is C17H20N2O3S. The molecule has 0 atom stereocenters. The molecule has 0 spiro atoms. The van der Waals surface area contributed by atoms with Gasteiger partial charge in [0.1, 0.15) is 16.5 Å². The highest BCUT2D eigenvalue weighted by Gasteiger charge is 2.21. The van der Waals surface area contributed by atoms with Crippen LogP contribution in [0.15, 0.2) is 29.6 Å². The Labute approximate surface area is 139 Å². The Morgan fingerprint density at radius 2 is 1.96 bits per heavy atom. The smallest absolute Gasteiger partial charge is 0.273 e. The summed E-state index contributed by atoms with van der Waals surface area (Å²) in [6.07, 6.45) is 0.151. The number of morpholine rings is 1. The molecule has 1 aliphatic heterocycles. The van der Waals surface area contributed by atoms with Gasteiger partial charge in [-0.25, -0.2) is 4.98 Å². The van der Waals surface area contributed by atoms with Crippen LogP contribution in [0.2, 0.25) is 0 Å². The third-order valence-corrected chi connectivity index (χ3v) is 4.39. The van der Waals surface area contributed by atoms with Gasteiger partial charge in [0.15, 0.2) is 0 Å². The summed E-state index contributed by atoms with van der Waals surface area (Å²) in [6.45, 7) is 6.45. The van der Waals surface area contributed by atoms with Crippen LogP contribution in [0.1, 0.15) is 24.3 Å². The van der Waals surface area contributed by atoms with Gasteiger partial charge in [0, 0.05) is 24.0 Å². The third kappa shape index (κ3) is 3.89. The minimum absolute atomic E-state index is 0.0180. The highest BCUT2D eigenvalue weighted by molar-refractivity contribution is 7.13. The summed E-state index contributed by atoms with van der Waals surface area (Å²) in [6, 6.07) is 7.81. The highest BCUT2D eigenvalue weighted by Crippen LogP contribution is 2.26. The number of hydrogen-bond donors (Lipinski definition) is 0. The van der Waals surface area contributed by atoms with E-state index in [9.17, 15) is 4.79 Å². The predicted molar refractivity (Wildman–Crippen MR) is 90.0 cm³/mol. The Hall–Kier alpha value is -1.92. The van der Waals surface area contributed by atoms with E-state index in [1.807, 2.05) is 43.5 Å². The maximum atomic E-state index is 12.4. The maximum absolute atomic E-state index is 12.4. The second-order valence-corrected chi connectivity index (χ2v) is 6.49. The Kier molecular flexibility index (Phi) is 4.93. The first kappa shape index (κ1) is 16.0. The van der Waals surface area contributed by atoms with Crippen LogP contribution in [0, 0.1) is 0 Å². The van der Waals surface area contributed by atoms with E-state index in [1.165, 1.54) is 11.3 Å². The number of carbonyl (C=O) groups excluding carboxylic acids is 1. The lowest BCUT2D eigenvalue weighted by molar-refractivity contribution is 0.0299. The molecule has 1 fully saturated rings. The van der Waals surface area contributed by atoms with Crippen LogP contribution in [0.3, 0.4) is 0 Å². The summed E-state index contributed by atoms with van der Waals surface area (Å²) in [5, 5.41) is 2.67. The Balaban J connectivity index is 1.72. The second kappa shape index (κ2) is 7.10. The van der Waals surface area contributed by atoms with Crippen molar-refractivity contribution in [3.05, 3.63) is 35.3 Å². The molecule has 0 aliphatic carbocycles. The standard InChI is InChI=1S/C17H20N2O3S/c1-12(2)22-14-5-3-13(4-6-14)16-18-15(11-23-16)17(20)19-7-9-21-10-8-19/h3-6,11-12H,7-10H2,1-2H3. The molecule has 1 aromatic heterocycles.